The maximum Gasteiger partial charge on any atom is 0.225 e. The van der Waals surface area contributed by atoms with Crippen LogP contribution in [0.2, 0.25) is 0 Å². The predicted molar refractivity (Wildman–Crippen MR) is 88.7 cm³/mol. The van der Waals surface area contributed by atoms with Crippen LogP contribution in [-0.4, -0.2) is 49.9 Å². The van der Waals surface area contributed by atoms with Crippen LogP contribution in [-0.2, 0) is 14.6 Å². The number of hydrogen-bond acceptors (Lipinski definition) is 4. The smallest absolute Gasteiger partial charge is 0.225 e. The van der Waals surface area contributed by atoms with Crippen molar-refractivity contribution < 1.29 is 13.2 Å². The third kappa shape index (κ3) is 4.81. The summed E-state index contributed by atoms with van der Waals surface area (Å²) in [5, 5.41) is 2.87. The molecule has 122 valence electrons. The minimum atomic E-state index is -2.88. The van der Waals surface area contributed by atoms with Crippen LogP contribution in [0.15, 0.2) is 24.3 Å². The van der Waals surface area contributed by atoms with Crippen molar-refractivity contribution in [1.82, 2.24) is 4.90 Å². The van der Waals surface area contributed by atoms with Crippen LogP contribution in [0.25, 0.3) is 0 Å². The molecular formula is C16H24N2O3S. The first-order valence-corrected chi connectivity index (χ1v) is 9.53. The Balaban J connectivity index is 1.82. The molecule has 1 aliphatic heterocycles. The van der Waals surface area contributed by atoms with E-state index in [2.05, 4.69) is 10.2 Å². The fourth-order valence-corrected chi connectivity index (χ4v) is 4.53. The van der Waals surface area contributed by atoms with Gasteiger partial charge in [-0.1, -0.05) is 24.6 Å². The molecule has 0 bridgehead atoms. The van der Waals surface area contributed by atoms with Crippen molar-refractivity contribution in [3.8, 4) is 0 Å². The van der Waals surface area contributed by atoms with Gasteiger partial charge in [-0.2, -0.15) is 0 Å². The molecule has 6 heteroatoms. The Labute approximate surface area is 132 Å². The number of hydrogen-bond donors (Lipinski definition) is 1. The highest BCUT2D eigenvalue weighted by Gasteiger charge is 2.31. The minimum absolute atomic E-state index is 0.0387. The van der Waals surface area contributed by atoms with Gasteiger partial charge in [0.1, 0.15) is 0 Å². The largest absolute Gasteiger partial charge is 0.326 e. The first kappa shape index (κ1) is 17.0. The molecule has 1 saturated heterocycles. The van der Waals surface area contributed by atoms with Crippen LogP contribution in [0.1, 0.15) is 25.3 Å². The molecule has 0 radical (unpaired) electrons. The van der Waals surface area contributed by atoms with Gasteiger partial charge < -0.3 is 5.32 Å². The van der Waals surface area contributed by atoms with E-state index in [0.717, 1.165) is 17.8 Å². The summed E-state index contributed by atoms with van der Waals surface area (Å²) in [6.07, 6.45) is 1.05. The highest BCUT2D eigenvalue weighted by atomic mass is 32.2. The molecule has 0 aliphatic carbocycles. The summed E-state index contributed by atoms with van der Waals surface area (Å²) in [6.45, 7) is 5.36. The second-order valence-electron chi connectivity index (χ2n) is 5.85. The van der Waals surface area contributed by atoms with Crippen LogP contribution in [0.5, 0.6) is 0 Å². The Bertz CT molecular complexity index is 611. The molecule has 1 fully saturated rings. The van der Waals surface area contributed by atoms with Crippen LogP contribution >= 0.6 is 0 Å². The summed E-state index contributed by atoms with van der Waals surface area (Å²) in [6, 6.07) is 7.74. The normalized spacial score (nSPS) is 20.2. The topological polar surface area (TPSA) is 66.5 Å². The standard InChI is InChI=1S/C16H24N2O3S/c1-3-18(15-9-11-22(20,21)12-15)10-8-16(19)17-14-6-4-13(2)5-7-14/h4-7,15H,3,8-12H2,1-2H3,(H,17,19). The summed E-state index contributed by atoms with van der Waals surface area (Å²) in [5.41, 5.74) is 1.94. The summed E-state index contributed by atoms with van der Waals surface area (Å²) >= 11 is 0. The molecule has 1 amide bonds. The zero-order valence-corrected chi connectivity index (χ0v) is 14.0. The summed E-state index contributed by atoms with van der Waals surface area (Å²) in [5.74, 6) is 0.451. The van der Waals surface area contributed by atoms with Gasteiger partial charge in [-0.05, 0) is 32.0 Å². The van der Waals surface area contributed by atoms with Gasteiger partial charge >= 0.3 is 0 Å². The van der Waals surface area contributed by atoms with Gasteiger partial charge in [0.05, 0.1) is 11.5 Å². The average Bonchev–Trinajstić information content (AvgIpc) is 2.82. The van der Waals surface area contributed by atoms with Gasteiger partial charge in [-0.15, -0.1) is 0 Å². The SMILES string of the molecule is CCN(CCC(=O)Nc1ccc(C)cc1)C1CCS(=O)(=O)C1. The van der Waals surface area contributed by atoms with Crippen molar-refractivity contribution in [3.05, 3.63) is 29.8 Å². The molecule has 0 spiro atoms. The number of sulfone groups is 1. The molecule has 1 aromatic rings. The molecule has 1 aliphatic rings. The molecule has 1 heterocycles. The molecule has 5 nitrogen and oxygen atoms in total. The first-order valence-electron chi connectivity index (χ1n) is 7.70. The summed E-state index contributed by atoms with van der Waals surface area (Å²) in [4.78, 5) is 14.1. The molecule has 22 heavy (non-hydrogen) atoms. The number of carbonyl (C=O) groups is 1. The van der Waals surface area contributed by atoms with Crippen molar-refractivity contribution in [2.45, 2.75) is 32.7 Å². The van der Waals surface area contributed by atoms with Crippen LogP contribution in [0.4, 0.5) is 5.69 Å². The maximum absolute atomic E-state index is 12.0. The van der Waals surface area contributed by atoms with E-state index in [9.17, 15) is 13.2 Å². The fourth-order valence-electron chi connectivity index (χ4n) is 2.77. The van der Waals surface area contributed by atoms with E-state index in [0.29, 0.717) is 19.4 Å². The van der Waals surface area contributed by atoms with Gasteiger partial charge in [0.2, 0.25) is 5.91 Å². The van der Waals surface area contributed by atoms with E-state index in [4.69, 9.17) is 0 Å². The Morgan fingerprint density at radius 1 is 1.32 bits per heavy atom. The van der Waals surface area contributed by atoms with Gasteiger partial charge in [-0.25, -0.2) is 8.42 Å². The molecule has 1 N–H and O–H groups in total. The number of anilines is 1. The number of nitrogens with one attached hydrogen (secondary N) is 1. The molecule has 0 saturated carbocycles. The third-order valence-corrected chi connectivity index (χ3v) is 5.84. The maximum atomic E-state index is 12.0. The van der Waals surface area contributed by atoms with Crippen molar-refractivity contribution in [3.63, 3.8) is 0 Å². The van der Waals surface area contributed by atoms with E-state index in [-0.39, 0.29) is 23.5 Å². The van der Waals surface area contributed by atoms with Crippen molar-refractivity contribution in [1.29, 1.82) is 0 Å². The lowest BCUT2D eigenvalue weighted by Crippen LogP contribution is -2.38. The zero-order valence-electron chi connectivity index (χ0n) is 13.2. The van der Waals surface area contributed by atoms with Crippen LogP contribution < -0.4 is 5.32 Å². The second kappa shape index (κ2) is 7.24. The lowest BCUT2D eigenvalue weighted by atomic mass is 10.2. The number of carbonyl (C=O) groups excluding carboxylic acids is 1. The fraction of sp³-hybridized carbons (Fsp3) is 0.562. The second-order valence-corrected chi connectivity index (χ2v) is 8.08. The first-order chi connectivity index (χ1) is 10.4. The number of aryl methyl sites for hydroxylation is 1. The number of nitrogens with zero attached hydrogens (tertiary/aromatic N) is 1. The zero-order chi connectivity index (χ0) is 16.2. The Kier molecular flexibility index (Phi) is 5.58. The van der Waals surface area contributed by atoms with Gasteiger partial charge in [0, 0.05) is 24.7 Å². The lowest BCUT2D eigenvalue weighted by Gasteiger charge is -2.26. The van der Waals surface area contributed by atoms with E-state index >= 15 is 0 Å². The molecule has 0 aromatic heterocycles. The Hall–Kier alpha value is -1.40. The molecule has 1 unspecified atom stereocenters. The van der Waals surface area contributed by atoms with E-state index in [1.807, 2.05) is 38.1 Å². The van der Waals surface area contributed by atoms with E-state index in [1.54, 1.807) is 0 Å². The van der Waals surface area contributed by atoms with Gasteiger partial charge in [0.15, 0.2) is 9.84 Å². The quantitative estimate of drug-likeness (QED) is 0.867. The average molecular weight is 324 g/mol. The highest BCUT2D eigenvalue weighted by molar-refractivity contribution is 7.91. The van der Waals surface area contributed by atoms with Crippen molar-refractivity contribution in [2.75, 3.05) is 29.9 Å². The van der Waals surface area contributed by atoms with Gasteiger partial charge in [-0.3, -0.25) is 9.69 Å². The van der Waals surface area contributed by atoms with Crippen molar-refractivity contribution in [2.24, 2.45) is 0 Å². The number of benzene rings is 1. The molecule has 2 rings (SSSR count). The van der Waals surface area contributed by atoms with E-state index in [1.165, 1.54) is 0 Å². The minimum Gasteiger partial charge on any atom is -0.326 e. The molecule has 1 aromatic carbocycles. The van der Waals surface area contributed by atoms with Gasteiger partial charge in [0.25, 0.3) is 0 Å². The third-order valence-electron chi connectivity index (χ3n) is 4.09. The van der Waals surface area contributed by atoms with Crippen LogP contribution in [0.3, 0.4) is 0 Å². The summed E-state index contributed by atoms with van der Waals surface area (Å²) in [7, 11) is -2.88. The lowest BCUT2D eigenvalue weighted by molar-refractivity contribution is -0.116. The summed E-state index contributed by atoms with van der Waals surface area (Å²) < 4.78 is 23.1. The Morgan fingerprint density at radius 3 is 2.55 bits per heavy atom. The van der Waals surface area contributed by atoms with Crippen LogP contribution in [0, 0.1) is 6.92 Å². The predicted octanol–water partition coefficient (Wildman–Crippen LogP) is 1.83. The highest BCUT2D eigenvalue weighted by Crippen LogP contribution is 2.18. The Morgan fingerprint density at radius 2 is 2.00 bits per heavy atom. The monoisotopic (exact) mass is 324 g/mol. The molecular weight excluding hydrogens is 300 g/mol. The number of rotatable bonds is 6. The molecule has 1 atom stereocenters. The number of amides is 1. The van der Waals surface area contributed by atoms with E-state index < -0.39 is 9.84 Å². The van der Waals surface area contributed by atoms with Crippen molar-refractivity contribution >= 4 is 21.4 Å².